The summed E-state index contributed by atoms with van der Waals surface area (Å²) in [5.74, 6) is 0. The first kappa shape index (κ1) is 53.3. The molecule has 0 saturated heterocycles. The van der Waals surface area contributed by atoms with Crippen LogP contribution >= 0.6 is 0 Å². The van der Waals surface area contributed by atoms with E-state index in [0.29, 0.717) is 0 Å². The monoisotopic (exact) mass is 1150 g/mol. The molecule has 0 saturated carbocycles. The maximum atomic E-state index is 2.57. The first-order valence-electron chi connectivity index (χ1n) is 31.6. The third kappa shape index (κ3) is 8.35. The summed E-state index contributed by atoms with van der Waals surface area (Å²) >= 11 is 0. The molecule has 0 aliphatic heterocycles. The Morgan fingerprint density at radius 3 is 0.956 bits per heavy atom. The van der Waals surface area contributed by atoms with Crippen molar-refractivity contribution in [3.8, 4) is 44.5 Å². The highest BCUT2D eigenvalue weighted by Gasteiger charge is 2.30. The number of aromatic nitrogens is 2. The van der Waals surface area contributed by atoms with E-state index in [1.165, 1.54) is 121 Å². The molecule has 4 nitrogen and oxygen atoms in total. The van der Waals surface area contributed by atoms with Crippen molar-refractivity contribution < 1.29 is 0 Å². The quantitative estimate of drug-likeness (QED) is 0.136. The number of fused-ring (bicyclic) bond motifs is 12. The van der Waals surface area contributed by atoms with E-state index < -0.39 is 0 Å². The topological polar surface area (TPSA) is 15.3 Å². The summed E-state index contributed by atoms with van der Waals surface area (Å²) < 4.78 is 5.15. The highest BCUT2D eigenvalue weighted by atomic mass is 15.2. The average molecular weight is 1160 g/mol. The molecule has 90 heavy (non-hydrogen) atoms. The van der Waals surface area contributed by atoms with Gasteiger partial charge in [0, 0.05) is 65.6 Å². The van der Waals surface area contributed by atoms with Crippen LogP contribution in [0.15, 0.2) is 291 Å². The lowest BCUT2D eigenvalue weighted by atomic mass is 9.87. The molecular weight excluding hydrogens is 1090 g/mol. The van der Waals surface area contributed by atoms with Gasteiger partial charge in [-0.05, 0) is 128 Å². The van der Waals surface area contributed by atoms with Crippen molar-refractivity contribution in [2.45, 2.75) is 52.4 Å². The molecule has 0 bridgehead atoms. The van der Waals surface area contributed by atoms with E-state index in [-0.39, 0.29) is 10.8 Å². The fourth-order valence-corrected chi connectivity index (χ4v) is 14.7. The fraction of sp³-hybridized carbons (Fsp3) is 0.0930. The summed E-state index contributed by atoms with van der Waals surface area (Å²) in [6, 6.07) is 109. The Labute approximate surface area is 525 Å². The fourth-order valence-electron chi connectivity index (χ4n) is 14.7. The van der Waals surface area contributed by atoms with Crippen molar-refractivity contribution in [3.05, 3.63) is 302 Å². The van der Waals surface area contributed by atoms with Crippen LogP contribution in [0.4, 0.5) is 34.1 Å². The summed E-state index contributed by atoms with van der Waals surface area (Å²) in [5.41, 5.74) is 25.8. The average Bonchev–Trinajstić information content (AvgIpc) is 1.52. The van der Waals surface area contributed by atoms with Gasteiger partial charge in [0.05, 0.1) is 55.8 Å². The van der Waals surface area contributed by atoms with Gasteiger partial charge in [-0.25, -0.2) is 0 Å². The van der Waals surface area contributed by atoms with Gasteiger partial charge in [0.1, 0.15) is 0 Å². The van der Waals surface area contributed by atoms with Crippen LogP contribution in [-0.4, -0.2) is 8.80 Å². The summed E-state index contributed by atoms with van der Waals surface area (Å²) in [5, 5.41) is 9.81. The Morgan fingerprint density at radius 2 is 0.589 bits per heavy atom. The zero-order chi connectivity index (χ0) is 60.6. The van der Waals surface area contributed by atoms with Crippen molar-refractivity contribution in [1.82, 2.24) is 8.80 Å². The zero-order valence-corrected chi connectivity index (χ0v) is 51.5. The second-order valence-corrected chi connectivity index (χ2v) is 26.5. The standard InChI is InChI=1S/C86H66N4/c1-85(2,3)61-37-41-63(42-38-61)87(77-51-59(55-23-11-7-12-24-55)35-45-65(77)57-27-15-9-16-28-57)75-49-47-67-71-53-80-72(54-79(71)89-73-33-21-19-31-69(73)81(75)83(67)89)68-48-50-76(82-70-32-20-22-34-74(70)90(80)84(68)82)88(64-43-39-62(40-44-64)86(4,5)6)78-52-60(56-25-13-8-14-26-56)36-46-66(78)58-29-17-10-18-30-58/h7-54H,1-6H3. The number of para-hydroxylation sites is 2. The summed E-state index contributed by atoms with van der Waals surface area (Å²) in [6.07, 6.45) is 0. The van der Waals surface area contributed by atoms with Crippen molar-refractivity contribution in [3.63, 3.8) is 0 Å². The number of nitrogens with zero attached hydrogens (tertiary/aromatic N) is 4. The lowest BCUT2D eigenvalue weighted by Crippen LogP contribution is -2.14. The van der Waals surface area contributed by atoms with Crippen molar-refractivity contribution >= 4 is 110 Å². The maximum absolute atomic E-state index is 2.57. The molecule has 17 rings (SSSR count). The lowest BCUT2D eigenvalue weighted by Gasteiger charge is -2.30. The molecule has 4 aromatic heterocycles. The molecule has 4 heteroatoms. The van der Waals surface area contributed by atoms with E-state index in [1.807, 2.05) is 0 Å². The third-order valence-corrected chi connectivity index (χ3v) is 19.1. The highest BCUT2D eigenvalue weighted by molar-refractivity contribution is 6.32. The van der Waals surface area contributed by atoms with Crippen molar-refractivity contribution in [1.29, 1.82) is 0 Å². The molecule has 0 atom stereocenters. The van der Waals surface area contributed by atoms with Gasteiger partial charge in [0.2, 0.25) is 0 Å². The van der Waals surface area contributed by atoms with Gasteiger partial charge in [-0.15, -0.1) is 0 Å². The van der Waals surface area contributed by atoms with E-state index in [0.717, 1.165) is 45.3 Å². The minimum absolute atomic E-state index is 0.0122. The summed E-state index contributed by atoms with van der Waals surface area (Å²) in [6.45, 7) is 13.8. The minimum atomic E-state index is -0.0122. The van der Waals surface area contributed by atoms with Gasteiger partial charge < -0.3 is 18.6 Å². The third-order valence-electron chi connectivity index (χ3n) is 19.1. The number of hydrogen-bond acceptors (Lipinski definition) is 2. The highest BCUT2D eigenvalue weighted by Crippen LogP contribution is 2.54. The first-order chi connectivity index (χ1) is 43.9. The van der Waals surface area contributed by atoms with Gasteiger partial charge >= 0.3 is 0 Å². The van der Waals surface area contributed by atoms with Crippen LogP contribution in [0, 0.1) is 0 Å². The lowest BCUT2D eigenvalue weighted by molar-refractivity contribution is 0.590. The van der Waals surface area contributed by atoms with E-state index in [4.69, 9.17) is 0 Å². The molecule has 430 valence electrons. The number of anilines is 6. The van der Waals surface area contributed by atoms with Crippen LogP contribution in [-0.2, 0) is 10.8 Å². The zero-order valence-electron chi connectivity index (χ0n) is 51.5. The minimum Gasteiger partial charge on any atom is -0.309 e. The Bertz CT molecular complexity index is 5220. The van der Waals surface area contributed by atoms with Crippen molar-refractivity contribution in [2.75, 3.05) is 9.80 Å². The first-order valence-corrected chi connectivity index (χ1v) is 31.6. The van der Waals surface area contributed by atoms with Crippen LogP contribution in [0.25, 0.3) is 121 Å². The number of rotatable bonds is 10. The van der Waals surface area contributed by atoms with Gasteiger partial charge in [-0.1, -0.05) is 260 Å². The van der Waals surface area contributed by atoms with Crippen LogP contribution in [0.1, 0.15) is 52.7 Å². The predicted octanol–water partition coefficient (Wildman–Crippen LogP) is 24.2. The number of benzene rings is 13. The summed E-state index contributed by atoms with van der Waals surface area (Å²) in [4.78, 5) is 5.08. The number of hydrogen-bond donors (Lipinski definition) is 0. The molecule has 17 aromatic rings. The molecule has 0 aliphatic carbocycles. The second kappa shape index (κ2) is 20.3. The normalized spacial score (nSPS) is 12.3. The largest absolute Gasteiger partial charge is 0.309 e. The molecule has 0 N–H and O–H groups in total. The SMILES string of the molecule is CC(C)(C)c1ccc(N(c2cc(-c3ccccc3)ccc2-c2ccccc2)c2ccc3c4cc5c(cc4n4c6ccccc6c2c34)c2ccc(N(c3ccc(C(C)(C)C)cc3)c3cc(-c4ccccc4)ccc3-c3ccccc3)c3c4ccccc4n5c23)cc1. The van der Waals surface area contributed by atoms with Crippen molar-refractivity contribution in [2.24, 2.45) is 0 Å². The maximum Gasteiger partial charge on any atom is 0.0641 e. The van der Waals surface area contributed by atoms with E-state index in [2.05, 4.69) is 351 Å². The Kier molecular flexibility index (Phi) is 12.0. The predicted molar refractivity (Wildman–Crippen MR) is 384 cm³/mol. The Hall–Kier alpha value is -10.9. The molecule has 0 radical (unpaired) electrons. The molecule has 0 amide bonds. The van der Waals surface area contributed by atoms with Crippen LogP contribution in [0.5, 0.6) is 0 Å². The van der Waals surface area contributed by atoms with Gasteiger partial charge in [0.25, 0.3) is 0 Å². The molecule has 4 heterocycles. The van der Waals surface area contributed by atoms with E-state index in [1.54, 1.807) is 0 Å². The smallest absolute Gasteiger partial charge is 0.0641 e. The Morgan fingerprint density at radius 1 is 0.244 bits per heavy atom. The van der Waals surface area contributed by atoms with E-state index >= 15 is 0 Å². The van der Waals surface area contributed by atoms with Gasteiger partial charge in [0.15, 0.2) is 0 Å². The summed E-state index contributed by atoms with van der Waals surface area (Å²) in [7, 11) is 0. The molecule has 0 fully saturated rings. The van der Waals surface area contributed by atoms with Crippen LogP contribution < -0.4 is 9.80 Å². The molecule has 0 aliphatic rings. The van der Waals surface area contributed by atoms with Gasteiger partial charge in [-0.2, -0.15) is 0 Å². The molecular formula is C86H66N4. The Balaban J connectivity index is 0.931. The van der Waals surface area contributed by atoms with Crippen LogP contribution in [0.3, 0.4) is 0 Å². The van der Waals surface area contributed by atoms with Gasteiger partial charge in [-0.3, -0.25) is 0 Å². The second-order valence-electron chi connectivity index (χ2n) is 26.5. The molecule has 0 unspecified atom stereocenters. The molecule has 0 spiro atoms. The molecule has 13 aromatic carbocycles. The van der Waals surface area contributed by atoms with Crippen LogP contribution in [0.2, 0.25) is 0 Å². The van der Waals surface area contributed by atoms with E-state index in [9.17, 15) is 0 Å².